The molecule has 1 fully saturated rings. The Balaban J connectivity index is 1.49. The number of amides is 2. The topological polar surface area (TPSA) is 71.0 Å². The van der Waals surface area contributed by atoms with Crippen LogP contribution in [0.2, 0.25) is 0 Å². The molecule has 0 saturated carbocycles. The molecule has 2 amide bonds. The first-order valence-corrected chi connectivity index (χ1v) is 7.67. The van der Waals surface area contributed by atoms with Gasteiger partial charge in [0.15, 0.2) is 0 Å². The van der Waals surface area contributed by atoms with E-state index in [1.165, 1.54) is 12.1 Å². The number of nitrogens with zero attached hydrogens (tertiary/aromatic N) is 2. The average molecular weight is 319 g/mol. The molecule has 0 aliphatic carbocycles. The zero-order valence-electron chi connectivity index (χ0n) is 12.6. The van der Waals surface area contributed by atoms with Gasteiger partial charge >= 0.3 is 0 Å². The summed E-state index contributed by atoms with van der Waals surface area (Å²) in [6, 6.07) is 5.98. The Hall–Kier alpha value is -2.44. The first-order valence-electron chi connectivity index (χ1n) is 7.67. The van der Waals surface area contributed by atoms with Gasteiger partial charge in [-0.3, -0.25) is 9.59 Å². The van der Waals surface area contributed by atoms with Gasteiger partial charge < -0.3 is 15.1 Å². The fraction of sp³-hybridized carbons (Fsp3) is 0.438. The van der Waals surface area contributed by atoms with E-state index in [0.717, 1.165) is 25.9 Å². The van der Waals surface area contributed by atoms with Gasteiger partial charge in [0, 0.05) is 25.1 Å². The van der Waals surface area contributed by atoms with Crippen LogP contribution >= 0.6 is 0 Å². The summed E-state index contributed by atoms with van der Waals surface area (Å²) >= 11 is 0. The number of rotatable bonds is 4. The Labute approximate surface area is 133 Å². The van der Waals surface area contributed by atoms with Crippen molar-refractivity contribution in [1.29, 1.82) is 0 Å². The predicted octanol–water partition coefficient (Wildman–Crippen LogP) is 1.06. The standard InChI is InChI=1S/C16H18FN3O3/c17-12-5-3-4-11(8-12)13-9-14(23-19-13)16(22)18-10-15(21)20-6-1-2-7-20/h3-5,8,14H,1-2,6-7,9-10H2,(H,18,22). The van der Waals surface area contributed by atoms with Gasteiger partial charge in [0.25, 0.3) is 5.91 Å². The van der Waals surface area contributed by atoms with Crippen LogP contribution in [0.4, 0.5) is 4.39 Å². The van der Waals surface area contributed by atoms with Crippen LogP contribution in [0.25, 0.3) is 0 Å². The van der Waals surface area contributed by atoms with Crippen LogP contribution in [0.15, 0.2) is 29.4 Å². The number of benzene rings is 1. The SMILES string of the molecule is O=C(NCC(=O)N1CCCC1)C1CC(c2cccc(F)c2)=NO1. The number of carbonyl (C=O) groups is 2. The number of halogens is 1. The number of oxime groups is 1. The monoisotopic (exact) mass is 319 g/mol. The number of likely N-dealkylation sites (tertiary alicyclic amines) is 1. The Morgan fingerprint density at radius 3 is 2.87 bits per heavy atom. The molecule has 1 saturated heterocycles. The van der Waals surface area contributed by atoms with Crippen LogP contribution in [-0.4, -0.2) is 48.2 Å². The lowest BCUT2D eigenvalue weighted by molar-refractivity contribution is -0.136. The third-order valence-corrected chi connectivity index (χ3v) is 3.99. The van der Waals surface area contributed by atoms with Gasteiger partial charge in [-0.25, -0.2) is 4.39 Å². The van der Waals surface area contributed by atoms with E-state index in [9.17, 15) is 14.0 Å². The molecule has 2 aliphatic rings. The lowest BCUT2D eigenvalue weighted by atomic mass is 10.0. The van der Waals surface area contributed by atoms with E-state index < -0.39 is 6.10 Å². The van der Waals surface area contributed by atoms with Crippen LogP contribution in [0, 0.1) is 5.82 Å². The van der Waals surface area contributed by atoms with Gasteiger partial charge in [-0.15, -0.1) is 0 Å². The Morgan fingerprint density at radius 2 is 2.13 bits per heavy atom. The van der Waals surface area contributed by atoms with Gasteiger partial charge in [-0.05, 0) is 25.0 Å². The second-order valence-corrected chi connectivity index (χ2v) is 5.65. The molecule has 0 bridgehead atoms. The van der Waals surface area contributed by atoms with E-state index in [-0.39, 0.29) is 30.6 Å². The second-order valence-electron chi connectivity index (χ2n) is 5.65. The Morgan fingerprint density at radius 1 is 1.35 bits per heavy atom. The van der Waals surface area contributed by atoms with E-state index in [0.29, 0.717) is 11.3 Å². The maximum absolute atomic E-state index is 13.2. The van der Waals surface area contributed by atoms with Gasteiger partial charge in [0.2, 0.25) is 12.0 Å². The molecule has 6 nitrogen and oxygen atoms in total. The third-order valence-electron chi connectivity index (χ3n) is 3.99. The number of hydrogen-bond acceptors (Lipinski definition) is 4. The summed E-state index contributed by atoms with van der Waals surface area (Å²) in [6.45, 7) is 1.47. The number of carbonyl (C=O) groups excluding carboxylic acids is 2. The molecular formula is C16H18FN3O3. The maximum atomic E-state index is 13.2. The van der Waals surface area contributed by atoms with Crippen molar-refractivity contribution in [1.82, 2.24) is 10.2 Å². The highest BCUT2D eigenvalue weighted by molar-refractivity contribution is 6.04. The molecule has 1 aromatic carbocycles. The molecule has 2 aliphatic heterocycles. The highest BCUT2D eigenvalue weighted by Crippen LogP contribution is 2.17. The minimum absolute atomic E-state index is 0.0337. The number of nitrogens with one attached hydrogen (secondary N) is 1. The van der Waals surface area contributed by atoms with Gasteiger partial charge in [0.05, 0.1) is 12.3 Å². The van der Waals surface area contributed by atoms with Crippen molar-refractivity contribution in [3.8, 4) is 0 Å². The predicted molar refractivity (Wildman–Crippen MR) is 81.3 cm³/mol. The largest absolute Gasteiger partial charge is 0.382 e. The van der Waals surface area contributed by atoms with Crippen molar-refractivity contribution in [2.24, 2.45) is 5.16 Å². The first-order chi connectivity index (χ1) is 11.1. The fourth-order valence-electron chi connectivity index (χ4n) is 2.71. The fourth-order valence-corrected chi connectivity index (χ4v) is 2.71. The third kappa shape index (κ3) is 3.67. The van der Waals surface area contributed by atoms with Crippen LogP contribution < -0.4 is 5.32 Å². The van der Waals surface area contributed by atoms with Crippen molar-refractivity contribution in [2.45, 2.75) is 25.4 Å². The maximum Gasteiger partial charge on any atom is 0.264 e. The zero-order chi connectivity index (χ0) is 16.2. The minimum atomic E-state index is -0.778. The highest BCUT2D eigenvalue weighted by Gasteiger charge is 2.29. The van der Waals surface area contributed by atoms with Crippen molar-refractivity contribution >= 4 is 17.5 Å². The summed E-state index contributed by atoms with van der Waals surface area (Å²) < 4.78 is 13.2. The molecule has 23 heavy (non-hydrogen) atoms. The molecule has 7 heteroatoms. The quantitative estimate of drug-likeness (QED) is 0.902. The summed E-state index contributed by atoms with van der Waals surface area (Å²) in [5.74, 6) is -0.831. The normalized spacial score (nSPS) is 20.1. The summed E-state index contributed by atoms with van der Waals surface area (Å²) in [5.41, 5.74) is 1.11. The second kappa shape index (κ2) is 6.76. The van der Waals surface area contributed by atoms with Gasteiger partial charge in [-0.1, -0.05) is 17.3 Å². The van der Waals surface area contributed by atoms with Gasteiger partial charge in [-0.2, -0.15) is 0 Å². The molecule has 0 aromatic heterocycles. The molecule has 0 spiro atoms. The Bertz CT molecular complexity index is 641. The van der Waals surface area contributed by atoms with E-state index in [1.54, 1.807) is 17.0 Å². The molecule has 2 heterocycles. The van der Waals surface area contributed by atoms with E-state index >= 15 is 0 Å². The molecule has 1 N–H and O–H groups in total. The summed E-state index contributed by atoms with van der Waals surface area (Å²) in [7, 11) is 0. The van der Waals surface area contributed by atoms with E-state index in [4.69, 9.17) is 4.84 Å². The molecule has 1 aromatic rings. The van der Waals surface area contributed by atoms with E-state index in [2.05, 4.69) is 10.5 Å². The molecule has 1 unspecified atom stereocenters. The van der Waals surface area contributed by atoms with Crippen LogP contribution in [0.5, 0.6) is 0 Å². The first kappa shape index (κ1) is 15.5. The molecule has 0 radical (unpaired) electrons. The Kier molecular flexibility index (Phi) is 4.55. The molecular weight excluding hydrogens is 301 g/mol. The smallest absolute Gasteiger partial charge is 0.264 e. The van der Waals surface area contributed by atoms with Crippen molar-refractivity contribution in [3.05, 3.63) is 35.6 Å². The molecule has 3 rings (SSSR count). The van der Waals surface area contributed by atoms with Crippen LogP contribution in [0.1, 0.15) is 24.8 Å². The van der Waals surface area contributed by atoms with Crippen LogP contribution in [0.3, 0.4) is 0 Å². The van der Waals surface area contributed by atoms with Crippen molar-refractivity contribution < 1.29 is 18.8 Å². The van der Waals surface area contributed by atoms with Crippen molar-refractivity contribution in [2.75, 3.05) is 19.6 Å². The number of hydrogen-bond donors (Lipinski definition) is 1. The lowest BCUT2D eigenvalue weighted by Crippen LogP contribution is -2.42. The zero-order valence-corrected chi connectivity index (χ0v) is 12.6. The van der Waals surface area contributed by atoms with Crippen LogP contribution in [-0.2, 0) is 14.4 Å². The minimum Gasteiger partial charge on any atom is -0.382 e. The summed E-state index contributed by atoms with van der Waals surface area (Å²) in [4.78, 5) is 30.8. The van der Waals surface area contributed by atoms with Gasteiger partial charge in [0.1, 0.15) is 5.82 Å². The average Bonchev–Trinajstić information content (AvgIpc) is 3.23. The summed E-state index contributed by atoms with van der Waals surface area (Å²) in [5, 5.41) is 6.43. The highest BCUT2D eigenvalue weighted by atomic mass is 19.1. The van der Waals surface area contributed by atoms with E-state index in [1.807, 2.05) is 0 Å². The molecule has 1 atom stereocenters. The molecule has 122 valence electrons. The summed E-state index contributed by atoms with van der Waals surface area (Å²) in [6.07, 6.45) is 1.50. The lowest BCUT2D eigenvalue weighted by Gasteiger charge is -2.16. The van der Waals surface area contributed by atoms with Crippen molar-refractivity contribution in [3.63, 3.8) is 0 Å².